The zero-order chi connectivity index (χ0) is 12.6. The molecule has 0 aliphatic rings. The molecule has 1 atom stereocenters. The Labute approximate surface area is 108 Å². The minimum Gasteiger partial charge on any atom is -0.396 e. The van der Waals surface area contributed by atoms with Crippen molar-refractivity contribution in [2.24, 2.45) is 5.92 Å². The molecule has 1 aromatic carbocycles. The molecule has 94 valence electrons. The van der Waals surface area contributed by atoms with Crippen LogP contribution in [0.2, 0.25) is 0 Å². The average molecular weight is 241 g/mol. The van der Waals surface area contributed by atoms with Gasteiger partial charge in [0.2, 0.25) is 0 Å². The van der Waals surface area contributed by atoms with Crippen molar-refractivity contribution >= 4 is 0 Å². The lowest BCUT2D eigenvalue weighted by atomic mass is 9.94. The molecule has 1 heterocycles. The molecule has 2 nitrogen and oxygen atoms in total. The van der Waals surface area contributed by atoms with Crippen molar-refractivity contribution in [2.45, 2.75) is 19.3 Å². The Hall–Kier alpha value is -1.67. The lowest BCUT2D eigenvalue weighted by Crippen LogP contribution is -2.11. The molecule has 0 radical (unpaired) electrons. The van der Waals surface area contributed by atoms with E-state index in [0.717, 1.165) is 19.3 Å². The molecule has 0 unspecified atom stereocenters. The highest BCUT2D eigenvalue weighted by Gasteiger charge is 2.08. The van der Waals surface area contributed by atoms with Gasteiger partial charge in [-0.05, 0) is 48.4 Å². The number of pyridine rings is 1. The maximum Gasteiger partial charge on any atom is 0.0462 e. The van der Waals surface area contributed by atoms with E-state index in [2.05, 4.69) is 17.1 Å². The lowest BCUT2D eigenvalue weighted by Gasteiger charge is -2.14. The van der Waals surface area contributed by atoms with E-state index in [4.69, 9.17) is 0 Å². The Kier molecular flexibility index (Phi) is 4.91. The summed E-state index contributed by atoms with van der Waals surface area (Å²) < 4.78 is 0. The summed E-state index contributed by atoms with van der Waals surface area (Å²) >= 11 is 0. The van der Waals surface area contributed by atoms with Crippen LogP contribution in [0, 0.1) is 5.92 Å². The molecule has 0 aliphatic carbocycles. The first kappa shape index (κ1) is 12.8. The van der Waals surface area contributed by atoms with E-state index in [1.807, 2.05) is 42.7 Å². The lowest BCUT2D eigenvalue weighted by molar-refractivity contribution is 0.218. The summed E-state index contributed by atoms with van der Waals surface area (Å²) in [7, 11) is 0. The molecular formula is C16H19NO. The van der Waals surface area contributed by atoms with Crippen LogP contribution in [0.15, 0.2) is 54.9 Å². The predicted molar refractivity (Wildman–Crippen MR) is 73.3 cm³/mol. The second-order valence-corrected chi connectivity index (χ2v) is 4.63. The zero-order valence-electron chi connectivity index (χ0n) is 10.5. The van der Waals surface area contributed by atoms with E-state index >= 15 is 0 Å². The Morgan fingerprint density at radius 2 is 1.67 bits per heavy atom. The van der Waals surface area contributed by atoms with Crippen molar-refractivity contribution < 1.29 is 5.11 Å². The van der Waals surface area contributed by atoms with Crippen LogP contribution in [0.4, 0.5) is 0 Å². The molecule has 0 aliphatic heterocycles. The molecule has 0 amide bonds. The van der Waals surface area contributed by atoms with Crippen molar-refractivity contribution in [1.29, 1.82) is 0 Å². The number of rotatable bonds is 6. The largest absolute Gasteiger partial charge is 0.396 e. The third kappa shape index (κ3) is 3.97. The van der Waals surface area contributed by atoms with Gasteiger partial charge in [-0.15, -0.1) is 0 Å². The second-order valence-electron chi connectivity index (χ2n) is 4.63. The fourth-order valence-corrected chi connectivity index (χ4v) is 2.13. The fourth-order valence-electron chi connectivity index (χ4n) is 2.13. The monoisotopic (exact) mass is 241 g/mol. The van der Waals surface area contributed by atoms with Gasteiger partial charge in [0.05, 0.1) is 0 Å². The van der Waals surface area contributed by atoms with E-state index in [1.165, 1.54) is 11.1 Å². The van der Waals surface area contributed by atoms with Crippen LogP contribution < -0.4 is 0 Å². The number of nitrogens with zero attached hydrogens (tertiary/aromatic N) is 1. The molecule has 0 saturated heterocycles. The van der Waals surface area contributed by atoms with E-state index < -0.39 is 0 Å². The number of benzene rings is 1. The Morgan fingerprint density at radius 1 is 0.944 bits per heavy atom. The van der Waals surface area contributed by atoms with Crippen LogP contribution in [-0.4, -0.2) is 16.7 Å². The maximum absolute atomic E-state index is 9.45. The third-order valence-electron chi connectivity index (χ3n) is 3.22. The van der Waals surface area contributed by atoms with Crippen molar-refractivity contribution in [2.75, 3.05) is 6.61 Å². The minimum atomic E-state index is 0.250. The summed E-state index contributed by atoms with van der Waals surface area (Å²) in [5, 5.41) is 9.45. The quantitative estimate of drug-likeness (QED) is 0.843. The van der Waals surface area contributed by atoms with Crippen LogP contribution >= 0.6 is 0 Å². The van der Waals surface area contributed by atoms with Crippen molar-refractivity contribution in [3.63, 3.8) is 0 Å². The van der Waals surface area contributed by atoms with E-state index in [-0.39, 0.29) is 6.61 Å². The highest BCUT2D eigenvalue weighted by atomic mass is 16.3. The number of aliphatic hydroxyl groups excluding tert-OH is 1. The first-order chi connectivity index (χ1) is 8.88. The SMILES string of the molecule is OC[C@@H](CCc1ccncc1)Cc1ccccc1. The molecule has 0 bridgehead atoms. The van der Waals surface area contributed by atoms with E-state index in [0.29, 0.717) is 5.92 Å². The normalized spacial score (nSPS) is 12.3. The van der Waals surface area contributed by atoms with Crippen LogP contribution in [0.3, 0.4) is 0 Å². The number of aryl methyl sites for hydroxylation is 1. The van der Waals surface area contributed by atoms with Crippen LogP contribution in [0.25, 0.3) is 0 Å². The summed E-state index contributed by atoms with van der Waals surface area (Å²) in [5.74, 6) is 0.334. The van der Waals surface area contributed by atoms with Gasteiger partial charge in [0.25, 0.3) is 0 Å². The molecule has 2 rings (SSSR count). The van der Waals surface area contributed by atoms with E-state index in [9.17, 15) is 5.11 Å². The van der Waals surface area contributed by atoms with Gasteiger partial charge < -0.3 is 5.11 Å². The van der Waals surface area contributed by atoms with Gasteiger partial charge in [-0.2, -0.15) is 0 Å². The summed E-state index contributed by atoms with van der Waals surface area (Å²) in [6, 6.07) is 14.4. The number of hydrogen-bond donors (Lipinski definition) is 1. The van der Waals surface area contributed by atoms with E-state index in [1.54, 1.807) is 0 Å². The Balaban J connectivity index is 1.86. The number of hydrogen-bond acceptors (Lipinski definition) is 2. The molecule has 1 N–H and O–H groups in total. The molecule has 1 aromatic heterocycles. The predicted octanol–water partition coefficient (Wildman–Crippen LogP) is 2.87. The van der Waals surface area contributed by atoms with Crippen LogP contribution in [0.5, 0.6) is 0 Å². The maximum atomic E-state index is 9.45. The average Bonchev–Trinajstić information content (AvgIpc) is 2.45. The van der Waals surface area contributed by atoms with Crippen molar-refractivity contribution in [3.05, 3.63) is 66.0 Å². The summed E-state index contributed by atoms with van der Waals surface area (Å²) in [5.41, 5.74) is 2.59. The fraction of sp³-hybridized carbons (Fsp3) is 0.312. The van der Waals surface area contributed by atoms with Gasteiger partial charge >= 0.3 is 0 Å². The minimum absolute atomic E-state index is 0.250. The summed E-state index contributed by atoms with van der Waals surface area (Å²) in [6.45, 7) is 0.250. The van der Waals surface area contributed by atoms with Gasteiger partial charge in [-0.25, -0.2) is 0 Å². The van der Waals surface area contributed by atoms with Gasteiger partial charge in [-0.1, -0.05) is 30.3 Å². The molecule has 2 aromatic rings. The highest BCUT2D eigenvalue weighted by molar-refractivity contribution is 5.15. The zero-order valence-corrected chi connectivity index (χ0v) is 10.5. The van der Waals surface area contributed by atoms with Crippen molar-refractivity contribution in [1.82, 2.24) is 4.98 Å². The Bertz CT molecular complexity index is 441. The third-order valence-corrected chi connectivity index (χ3v) is 3.22. The van der Waals surface area contributed by atoms with Gasteiger partial charge in [-0.3, -0.25) is 4.98 Å². The molecule has 0 spiro atoms. The van der Waals surface area contributed by atoms with Crippen LogP contribution in [0.1, 0.15) is 17.5 Å². The van der Waals surface area contributed by atoms with Gasteiger partial charge in [0.15, 0.2) is 0 Å². The smallest absolute Gasteiger partial charge is 0.0462 e. The van der Waals surface area contributed by atoms with Gasteiger partial charge in [0, 0.05) is 19.0 Å². The molecule has 2 heteroatoms. The molecular weight excluding hydrogens is 222 g/mol. The van der Waals surface area contributed by atoms with Crippen LogP contribution in [-0.2, 0) is 12.8 Å². The first-order valence-electron chi connectivity index (χ1n) is 6.42. The second kappa shape index (κ2) is 6.92. The number of aromatic nitrogens is 1. The number of aliphatic hydroxyl groups is 1. The summed E-state index contributed by atoms with van der Waals surface area (Å²) in [6.07, 6.45) is 6.60. The van der Waals surface area contributed by atoms with Crippen molar-refractivity contribution in [3.8, 4) is 0 Å². The highest BCUT2D eigenvalue weighted by Crippen LogP contribution is 2.14. The van der Waals surface area contributed by atoms with Gasteiger partial charge in [0.1, 0.15) is 0 Å². The summed E-state index contributed by atoms with van der Waals surface area (Å²) in [4.78, 5) is 4.01. The first-order valence-corrected chi connectivity index (χ1v) is 6.42. The molecule has 0 fully saturated rings. The molecule has 0 saturated carbocycles. The Morgan fingerprint density at radius 3 is 2.33 bits per heavy atom. The standard InChI is InChI=1S/C16H19NO/c18-13-16(12-15-4-2-1-3-5-15)7-6-14-8-10-17-11-9-14/h1-5,8-11,16,18H,6-7,12-13H2/t16-/m0/s1. The molecule has 18 heavy (non-hydrogen) atoms. The topological polar surface area (TPSA) is 33.1 Å².